The van der Waals surface area contributed by atoms with Crippen LogP contribution in [0, 0.1) is 6.92 Å². The van der Waals surface area contributed by atoms with Crippen LogP contribution >= 0.6 is 0 Å². The third-order valence-corrected chi connectivity index (χ3v) is 4.53. The van der Waals surface area contributed by atoms with Crippen molar-refractivity contribution in [3.05, 3.63) is 65.7 Å². The fourth-order valence-electron chi connectivity index (χ4n) is 2.69. The zero-order chi connectivity index (χ0) is 20.4. The van der Waals surface area contributed by atoms with Gasteiger partial charge in [-0.2, -0.15) is 10.2 Å². The van der Waals surface area contributed by atoms with Gasteiger partial charge in [-0.05, 0) is 37.2 Å². The normalized spacial score (nSPS) is 12.3. The number of aryl methyl sites for hydroxylation is 1. The Hall–Kier alpha value is -2.86. The molecule has 1 unspecified atom stereocenters. The molecular formula is C22H28N4O2. The summed E-state index contributed by atoms with van der Waals surface area (Å²) in [5, 5.41) is 11.1. The lowest BCUT2D eigenvalue weighted by atomic mass is 10.1. The molecule has 0 saturated heterocycles. The molecule has 6 heteroatoms. The molecule has 2 aromatic carbocycles. The van der Waals surface area contributed by atoms with Crippen LogP contribution in [0.4, 0.5) is 5.69 Å². The molecule has 0 bridgehead atoms. The monoisotopic (exact) mass is 380 g/mol. The van der Waals surface area contributed by atoms with E-state index in [1.165, 1.54) is 0 Å². The molecule has 0 aliphatic carbocycles. The number of azo groups is 1. The number of Topliss-reactive ketones (excluding diaryl/α,β-unsaturated/α-hetero) is 1. The first-order valence-electron chi connectivity index (χ1n) is 9.58. The zero-order valence-electron chi connectivity index (χ0n) is 16.8. The number of likely N-dealkylation sites (N-methyl/N-ethyl adjacent to an activating group) is 1. The average molecular weight is 380 g/mol. The average Bonchev–Trinajstić information content (AvgIpc) is 2.72. The summed E-state index contributed by atoms with van der Waals surface area (Å²) in [7, 11) is 0. The van der Waals surface area contributed by atoms with Crippen molar-refractivity contribution in [3.63, 3.8) is 0 Å². The Morgan fingerprint density at radius 3 is 2.29 bits per heavy atom. The van der Waals surface area contributed by atoms with Gasteiger partial charge in [-0.3, -0.25) is 14.5 Å². The molecule has 0 spiro atoms. The smallest absolute Gasteiger partial charge is 0.254 e. The summed E-state index contributed by atoms with van der Waals surface area (Å²) in [6.45, 7) is 7.85. The highest BCUT2D eigenvalue weighted by molar-refractivity contribution is 6.06. The summed E-state index contributed by atoms with van der Waals surface area (Å²) in [6.07, 6.45) is 0. The van der Waals surface area contributed by atoms with E-state index in [1.807, 2.05) is 80.3 Å². The van der Waals surface area contributed by atoms with Gasteiger partial charge in [-0.25, -0.2) is 0 Å². The number of hydrogen-bond donors (Lipinski definition) is 1. The summed E-state index contributed by atoms with van der Waals surface area (Å²) in [4.78, 5) is 27.5. The van der Waals surface area contributed by atoms with Gasteiger partial charge in [-0.15, -0.1) is 0 Å². The Morgan fingerprint density at radius 1 is 1.00 bits per heavy atom. The van der Waals surface area contributed by atoms with Crippen molar-refractivity contribution in [2.75, 3.05) is 19.6 Å². The van der Waals surface area contributed by atoms with Crippen molar-refractivity contribution < 1.29 is 9.59 Å². The summed E-state index contributed by atoms with van der Waals surface area (Å²) in [5.41, 5.74) is 2.55. The number of carbonyl (C=O) groups excluding carboxylic acids is 2. The molecule has 2 aromatic rings. The Morgan fingerprint density at radius 2 is 1.64 bits per heavy atom. The van der Waals surface area contributed by atoms with Crippen LogP contribution < -0.4 is 5.32 Å². The van der Waals surface area contributed by atoms with Crippen molar-refractivity contribution in [1.82, 2.24) is 10.2 Å². The van der Waals surface area contributed by atoms with Gasteiger partial charge in [0, 0.05) is 6.54 Å². The zero-order valence-corrected chi connectivity index (χ0v) is 16.8. The molecule has 1 N–H and O–H groups in total. The Kier molecular flexibility index (Phi) is 8.49. The molecule has 148 valence electrons. The van der Waals surface area contributed by atoms with Crippen LogP contribution in [0.1, 0.15) is 25.0 Å². The van der Waals surface area contributed by atoms with Crippen molar-refractivity contribution in [2.45, 2.75) is 33.4 Å². The summed E-state index contributed by atoms with van der Waals surface area (Å²) in [6, 6.07) is 15.9. The standard InChI is InChI=1S/C22H28N4O2/c1-4-26(5-2)16-20(27)21(25-24-19-14-10-9-11-17(19)3)22(28)23-15-18-12-7-6-8-13-18/h6-14,21H,4-5,15-16H2,1-3H3,(H,23,28). The van der Waals surface area contributed by atoms with Gasteiger partial charge in [0.05, 0.1) is 12.2 Å². The maximum atomic E-state index is 12.8. The van der Waals surface area contributed by atoms with Gasteiger partial charge >= 0.3 is 0 Å². The fourth-order valence-corrected chi connectivity index (χ4v) is 2.69. The highest BCUT2D eigenvalue weighted by Gasteiger charge is 2.27. The van der Waals surface area contributed by atoms with Crippen LogP contribution in [-0.2, 0) is 16.1 Å². The summed E-state index contributed by atoms with van der Waals surface area (Å²) in [5.74, 6) is -0.690. The molecule has 0 aliphatic rings. The minimum atomic E-state index is -1.16. The van der Waals surface area contributed by atoms with Gasteiger partial charge in [0.1, 0.15) is 0 Å². The third-order valence-electron chi connectivity index (χ3n) is 4.53. The molecular weight excluding hydrogens is 352 g/mol. The number of nitrogens with one attached hydrogen (secondary N) is 1. The van der Waals surface area contributed by atoms with Gasteiger partial charge in [0.25, 0.3) is 5.91 Å². The molecule has 1 amide bonds. The van der Waals surface area contributed by atoms with Crippen molar-refractivity contribution >= 4 is 17.4 Å². The van der Waals surface area contributed by atoms with Crippen LogP contribution in [0.15, 0.2) is 64.8 Å². The minimum absolute atomic E-state index is 0.170. The molecule has 28 heavy (non-hydrogen) atoms. The lowest BCUT2D eigenvalue weighted by molar-refractivity contribution is -0.130. The molecule has 6 nitrogen and oxygen atoms in total. The van der Waals surface area contributed by atoms with Crippen LogP contribution in [0.5, 0.6) is 0 Å². The van der Waals surface area contributed by atoms with E-state index in [1.54, 1.807) is 0 Å². The maximum absolute atomic E-state index is 12.8. The highest BCUT2D eigenvalue weighted by atomic mass is 16.2. The number of amides is 1. The number of nitrogens with zero attached hydrogens (tertiary/aromatic N) is 3. The van der Waals surface area contributed by atoms with E-state index in [9.17, 15) is 9.59 Å². The number of rotatable bonds is 10. The van der Waals surface area contributed by atoms with E-state index >= 15 is 0 Å². The lowest BCUT2D eigenvalue weighted by Crippen LogP contribution is -2.43. The maximum Gasteiger partial charge on any atom is 0.254 e. The minimum Gasteiger partial charge on any atom is -0.350 e. The molecule has 0 fully saturated rings. The Balaban J connectivity index is 2.15. The van der Waals surface area contributed by atoms with Crippen LogP contribution in [0.25, 0.3) is 0 Å². The summed E-state index contributed by atoms with van der Waals surface area (Å²) < 4.78 is 0. The molecule has 0 radical (unpaired) electrons. The molecule has 0 saturated carbocycles. The van der Waals surface area contributed by atoms with Crippen LogP contribution in [0.3, 0.4) is 0 Å². The first-order chi connectivity index (χ1) is 13.5. The number of benzene rings is 2. The van der Waals surface area contributed by atoms with E-state index in [2.05, 4.69) is 15.5 Å². The molecule has 0 aliphatic heterocycles. The second-order valence-corrected chi connectivity index (χ2v) is 6.54. The fraction of sp³-hybridized carbons (Fsp3) is 0.364. The van der Waals surface area contributed by atoms with Gasteiger partial charge in [0.15, 0.2) is 5.78 Å². The highest BCUT2D eigenvalue weighted by Crippen LogP contribution is 2.18. The van der Waals surface area contributed by atoms with E-state index in [0.717, 1.165) is 24.2 Å². The van der Waals surface area contributed by atoms with Crippen molar-refractivity contribution in [2.24, 2.45) is 10.2 Å². The number of carbonyl (C=O) groups is 2. The Bertz CT molecular complexity index is 801. The largest absolute Gasteiger partial charge is 0.350 e. The molecule has 0 heterocycles. The Labute approximate surface area is 166 Å². The first-order valence-corrected chi connectivity index (χ1v) is 9.58. The number of ketones is 1. The molecule has 1 atom stereocenters. The topological polar surface area (TPSA) is 74.1 Å². The van der Waals surface area contributed by atoms with E-state index < -0.39 is 11.9 Å². The second kappa shape index (κ2) is 11.1. The second-order valence-electron chi connectivity index (χ2n) is 6.54. The quantitative estimate of drug-likeness (QED) is 0.505. The molecule has 0 aromatic heterocycles. The predicted octanol–water partition coefficient (Wildman–Crippen LogP) is 3.67. The first kappa shape index (κ1) is 21.4. The SMILES string of the molecule is CCN(CC)CC(=O)C(N=Nc1ccccc1C)C(=O)NCc1ccccc1. The van der Waals surface area contributed by atoms with Crippen LogP contribution in [0.2, 0.25) is 0 Å². The van der Waals surface area contributed by atoms with Crippen LogP contribution in [-0.4, -0.2) is 42.3 Å². The molecule has 2 rings (SSSR count). The van der Waals surface area contributed by atoms with Crippen molar-refractivity contribution in [3.8, 4) is 0 Å². The number of hydrogen-bond acceptors (Lipinski definition) is 5. The predicted molar refractivity (Wildman–Crippen MR) is 111 cm³/mol. The van der Waals surface area contributed by atoms with Gasteiger partial charge < -0.3 is 5.32 Å². The van der Waals surface area contributed by atoms with Gasteiger partial charge in [0.2, 0.25) is 6.04 Å². The van der Waals surface area contributed by atoms with Crippen molar-refractivity contribution in [1.29, 1.82) is 0 Å². The van der Waals surface area contributed by atoms with E-state index in [0.29, 0.717) is 12.2 Å². The summed E-state index contributed by atoms with van der Waals surface area (Å²) >= 11 is 0. The van der Waals surface area contributed by atoms with E-state index in [-0.39, 0.29) is 12.3 Å². The van der Waals surface area contributed by atoms with E-state index in [4.69, 9.17) is 0 Å². The third kappa shape index (κ3) is 6.39. The lowest BCUT2D eigenvalue weighted by Gasteiger charge is -2.19. The van der Waals surface area contributed by atoms with Gasteiger partial charge in [-0.1, -0.05) is 62.4 Å².